The van der Waals surface area contributed by atoms with Crippen molar-refractivity contribution in [2.75, 3.05) is 6.54 Å². The Labute approximate surface area is 91.1 Å². The molecular weight excluding hydrogens is 210 g/mol. The molecule has 0 bridgehead atoms. The van der Waals surface area contributed by atoms with Crippen LogP contribution in [0.25, 0.3) is 10.2 Å². The predicted molar refractivity (Wildman–Crippen MR) is 60.5 cm³/mol. The molecule has 5 heteroatoms. The summed E-state index contributed by atoms with van der Waals surface area (Å²) in [7, 11) is 0. The van der Waals surface area contributed by atoms with E-state index >= 15 is 0 Å². The minimum atomic E-state index is -0.351. The summed E-state index contributed by atoms with van der Waals surface area (Å²) in [5, 5.41) is 3.91. The third-order valence-electron chi connectivity index (χ3n) is 1.91. The smallest absolute Gasteiger partial charge is 0.231 e. The number of thiazole rings is 1. The number of primary amides is 1. The van der Waals surface area contributed by atoms with Crippen LogP contribution < -0.4 is 11.1 Å². The first-order chi connectivity index (χ1) is 7.25. The molecule has 78 valence electrons. The quantitative estimate of drug-likeness (QED) is 0.805. The molecule has 2 aromatic rings. The van der Waals surface area contributed by atoms with Gasteiger partial charge in [-0.2, -0.15) is 0 Å². The highest BCUT2D eigenvalue weighted by atomic mass is 32.1. The van der Waals surface area contributed by atoms with Crippen molar-refractivity contribution >= 4 is 27.5 Å². The Morgan fingerprint density at radius 1 is 1.47 bits per heavy atom. The molecule has 1 aromatic heterocycles. The summed E-state index contributed by atoms with van der Waals surface area (Å²) in [6.45, 7) is 0.776. The lowest BCUT2D eigenvalue weighted by Crippen LogP contribution is -2.27. The lowest BCUT2D eigenvalue weighted by molar-refractivity contribution is -0.117. The Morgan fingerprint density at radius 2 is 2.27 bits per heavy atom. The summed E-state index contributed by atoms with van der Waals surface area (Å²) in [5.41, 5.74) is 6.01. The summed E-state index contributed by atoms with van der Waals surface area (Å²) >= 11 is 1.62. The number of carbonyl (C=O) groups excluding carboxylic acids is 1. The van der Waals surface area contributed by atoms with E-state index in [2.05, 4.69) is 10.3 Å². The van der Waals surface area contributed by atoms with E-state index < -0.39 is 0 Å². The molecule has 0 aliphatic rings. The van der Waals surface area contributed by atoms with Gasteiger partial charge in [0.1, 0.15) is 5.01 Å². The van der Waals surface area contributed by atoms with E-state index in [1.165, 1.54) is 0 Å². The number of hydrogen-bond acceptors (Lipinski definition) is 4. The van der Waals surface area contributed by atoms with E-state index in [4.69, 9.17) is 5.73 Å². The van der Waals surface area contributed by atoms with Crippen LogP contribution in [0.1, 0.15) is 5.01 Å². The number of carbonyl (C=O) groups is 1. The Morgan fingerprint density at radius 3 is 3.00 bits per heavy atom. The van der Waals surface area contributed by atoms with Crippen molar-refractivity contribution in [2.24, 2.45) is 5.73 Å². The highest BCUT2D eigenvalue weighted by Crippen LogP contribution is 2.20. The molecule has 1 heterocycles. The summed E-state index contributed by atoms with van der Waals surface area (Å²) in [4.78, 5) is 14.9. The third-order valence-corrected chi connectivity index (χ3v) is 2.95. The number of rotatable bonds is 4. The van der Waals surface area contributed by atoms with Gasteiger partial charge in [0.2, 0.25) is 5.91 Å². The standard InChI is InChI=1S/C10H11N3OS/c11-9(14)5-12-6-10-13-7-3-1-2-4-8(7)15-10/h1-4,12H,5-6H2,(H2,11,14). The predicted octanol–water partition coefficient (Wildman–Crippen LogP) is 0.871. The summed E-state index contributed by atoms with van der Waals surface area (Å²) in [5.74, 6) is -0.351. The van der Waals surface area contributed by atoms with Gasteiger partial charge in [0.15, 0.2) is 0 Å². The first kappa shape index (κ1) is 10.1. The van der Waals surface area contributed by atoms with Crippen molar-refractivity contribution in [1.82, 2.24) is 10.3 Å². The average molecular weight is 221 g/mol. The molecule has 0 aliphatic heterocycles. The van der Waals surface area contributed by atoms with E-state index in [9.17, 15) is 4.79 Å². The third kappa shape index (κ3) is 2.51. The second kappa shape index (κ2) is 4.37. The molecule has 0 radical (unpaired) electrons. The fraction of sp³-hybridized carbons (Fsp3) is 0.200. The maximum Gasteiger partial charge on any atom is 0.231 e. The number of hydrogen-bond donors (Lipinski definition) is 2. The Kier molecular flexibility index (Phi) is 2.94. The molecule has 0 atom stereocenters. The van der Waals surface area contributed by atoms with Gasteiger partial charge >= 0.3 is 0 Å². The Hall–Kier alpha value is -1.46. The Balaban J connectivity index is 2.05. The maximum absolute atomic E-state index is 10.5. The van der Waals surface area contributed by atoms with Crippen LogP contribution in [-0.2, 0) is 11.3 Å². The zero-order chi connectivity index (χ0) is 10.7. The molecule has 0 saturated heterocycles. The lowest BCUT2D eigenvalue weighted by atomic mass is 10.3. The van der Waals surface area contributed by atoms with E-state index in [0.29, 0.717) is 6.54 Å². The fourth-order valence-corrected chi connectivity index (χ4v) is 2.23. The van der Waals surface area contributed by atoms with Crippen molar-refractivity contribution in [1.29, 1.82) is 0 Å². The second-order valence-electron chi connectivity index (χ2n) is 3.15. The lowest BCUT2D eigenvalue weighted by Gasteiger charge is -1.96. The average Bonchev–Trinajstić information content (AvgIpc) is 2.59. The summed E-state index contributed by atoms with van der Waals surface area (Å²) in [6, 6.07) is 7.96. The number of amides is 1. The topological polar surface area (TPSA) is 68.0 Å². The second-order valence-corrected chi connectivity index (χ2v) is 4.26. The van der Waals surface area contributed by atoms with Crippen LogP contribution in [0.5, 0.6) is 0 Å². The minimum absolute atomic E-state index is 0.190. The van der Waals surface area contributed by atoms with Gasteiger partial charge in [0, 0.05) is 6.54 Å². The summed E-state index contributed by atoms with van der Waals surface area (Å²) in [6.07, 6.45) is 0. The first-order valence-corrected chi connectivity index (χ1v) is 5.41. The van der Waals surface area contributed by atoms with Crippen LogP contribution >= 0.6 is 11.3 Å². The van der Waals surface area contributed by atoms with Crippen molar-refractivity contribution < 1.29 is 4.79 Å². The SMILES string of the molecule is NC(=O)CNCc1nc2ccccc2s1. The van der Waals surface area contributed by atoms with Crippen LogP contribution in [0.2, 0.25) is 0 Å². The van der Waals surface area contributed by atoms with Gasteiger partial charge in [-0.25, -0.2) is 4.98 Å². The molecule has 0 aliphatic carbocycles. The van der Waals surface area contributed by atoms with Crippen LogP contribution in [-0.4, -0.2) is 17.4 Å². The van der Waals surface area contributed by atoms with Gasteiger partial charge in [-0.15, -0.1) is 11.3 Å². The van der Waals surface area contributed by atoms with E-state index in [1.807, 2.05) is 24.3 Å². The van der Waals surface area contributed by atoms with E-state index in [0.717, 1.165) is 15.2 Å². The first-order valence-electron chi connectivity index (χ1n) is 4.59. The summed E-state index contributed by atoms with van der Waals surface area (Å²) < 4.78 is 1.16. The zero-order valence-electron chi connectivity index (χ0n) is 8.06. The molecule has 1 aromatic carbocycles. The number of fused-ring (bicyclic) bond motifs is 1. The largest absolute Gasteiger partial charge is 0.369 e. The van der Waals surface area contributed by atoms with Gasteiger partial charge in [-0.1, -0.05) is 12.1 Å². The molecule has 3 N–H and O–H groups in total. The monoisotopic (exact) mass is 221 g/mol. The number of para-hydroxylation sites is 1. The van der Waals surface area contributed by atoms with E-state index in [1.54, 1.807) is 11.3 Å². The number of benzene rings is 1. The molecule has 2 rings (SSSR count). The number of nitrogens with two attached hydrogens (primary N) is 1. The van der Waals surface area contributed by atoms with Crippen molar-refractivity contribution in [3.8, 4) is 0 Å². The van der Waals surface area contributed by atoms with Gasteiger partial charge in [-0.05, 0) is 12.1 Å². The molecule has 15 heavy (non-hydrogen) atoms. The maximum atomic E-state index is 10.5. The molecule has 0 fully saturated rings. The van der Waals surface area contributed by atoms with Crippen molar-refractivity contribution in [2.45, 2.75) is 6.54 Å². The van der Waals surface area contributed by atoms with Crippen molar-refractivity contribution in [3.63, 3.8) is 0 Å². The number of nitrogens with one attached hydrogen (secondary N) is 1. The van der Waals surface area contributed by atoms with Crippen molar-refractivity contribution in [3.05, 3.63) is 29.3 Å². The molecule has 0 spiro atoms. The molecule has 4 nitrogen and oxygen atoms in total. The van der Waals surface area contributed by atoms with Gasteiger partial charge in [0.25, 0.3) is 0 Å². The van der Waals surface area contributed by atoms with Crippen LogP contribution in [0.4, 0.5) is 0 Å². The zero-order valence-corrected chi connectivity index (χ0v) is 8.88. The van der Waals surface area contributed by atoms with Crippen LogP contribution in [0.15, 0.2) is 24.3 Å². The Bertz CT molecular complexity index is 447. The van der Waals surface area contributed by atoms with Gasteiger partial charge in [0.05, 0.1) is 16.8 Å². The minimum Gasteiger partial charge on any atom is -0.369 e. The molecule has 1 amide bonds. The number of nitrogens with zero attached hydrogens (tertiary/aromatic N) is 1. The van der Waals surface area contributed by atoms with Gasteiger partial charge < -0.3 is 11.1 Å². The number of aromatic nitrogens is 1. The highest BCUT2D eigenvalue weighted by molar-refractivity contribution is 7.18. The molecule has 0 saturated carbocycles. The highest BCUT2D eigenvalue weighted by Gasteiger charge is 2.02. The molecular formula is C10H11N3OS. The van der Waals surface area contributed by atoms with Crippen LogP contribution in [0.3, 0.4) is 0 Å². The fourth-order valence-electron chi connectivity index (χ4n) is 1.29. The van der Waals surface area contributed by atoms with E-state index in [-0.39, 0.29) is 12.5 Å². The normalized spacial score (nSPS) is 10.7. The molecule has 0 unspecified atom stereocenters. The van der Waals surface area contributed by atoms with Gasteiger partial charge in [-0.3, -0.25) is 4.79 Å². The van der Waals surface area contributed by atoms with Crippen LogP contribution in [0, 0.1) is 0 Å².